The number of likely N-dealkylation sites (tertiary alicyclic amines) is 1. The maximum absolute atomic E-state index is 13.2. The predicted octanol–water partition coefficient (Wildman–Crippen LogP) is 2.46. The molecule has 21 heavy (non-hydrogen) atoms. The van der Waals surface area contributed by atoms with Crippen molar-refractivity contribution in [1.82, 2.24) is 4.90 Å². The van der Waals surface area contributed by atoms with Gasteiger partial charge in [-0.1, -0.05) is 0 Å². The monoisotopic (exact) mass is 293 g/mol. The SMILES string of the molecule is CC(C(=O)O)N1CCC2(CCc3cc(F)ccc3O2)CC1. The minimum Gasteiger partial charge on any atom is -0.487 e. The molecule has 114 valence electrons. The molecule has 0 saturated carbocycles. The minimum absolute atomic E-state index is 0.209. The Kier molecular flexibility index (Phi) is 3.61. The molecule has 1 saturated heterocycles. The number of aryl methyl sites for hydroxylation is 1. The lowest BCUT2D eigenvalue weighted by Gasteiger charge is -2.45. The van der Waals surface area contributed by atoms with Gasteiger partial charge in [0.25, 0.3) is 0 Å². The summed E-state index contributed by atoms with van der Waals surface area (Å²) in [6.45, 7) is 3.17. The van der Waals surface area contributed by atoms with Crippen molar-refractivity contribution in [1.29, 1.82) is 0 Å². The number of halogens is 1. The van der Waals surface area contributed by atoms with Crippen LogP contribution < -0.4 is 4.74 Å². The molecule has 3 rings (SSSR count). The van der Waals surface area contributed by atoms with Gasteiger partial charge in [0.1, 0.15) is 23.2 Å². The van der Waals surface area contributed by atoms with Crippen LogP contribution in [0.25, 0.3) is 0 Å². The third kappa shape index (κ3) is 2.75. The smallest absolute Gasteiger partial charge is 0.320 e. The molecule has 0 radical (unpaired) electrons. The van der Waals surface area contributed by atoms with E-state index < -0.39 is 12.0 Å². The largest absolute Gasteiger partial charge is 0.487 e. The summed E-state index contributed by atoms with van der Waals surface area (Å²) in [5.41, 5.74) is 0.724. The van der Waals surface area contributed by atoms with Gasteiger partial charge in [0.15, 0.2) is 0 Å². The number of hydrogen-bond donors (Lipinski definition) is 1. The van der Waals surface area contributed by atoms with Gasteiger partial charge >= 0.3 is 5.97 Å². The van der Waals surface area contributed by atoms with E-state index in [9.17, 15) is 9.18 Å². The van der Waals surface area contributed by atoms with Crippen LogP contribution in [0.3, 0.4) is 0 Å². The Hall–Kier alpha value is -1.62. The number of carboxylic acid groups (broad SMARTS) is 1. The number of aliphatic carboxylic acids is 1. The first kappa shape index (κ1) is 14.3. The van der Waals surface area contributed by atoms with E-state index >= 15 is 0 Å². The van der Waals surface area contributed by atoms with Crippen molar-refractivity contribution >= 4 is 5.97 Å². The molecule has 1 atom stereocenters. The number of piperidine rings is 1. The number of rotatable bonds is 2. The van der Waals surface area contributed by atoms with Crippen molar-refractivity contribution in [3.63, 3.8) is 0 Å². The molecule has 1 fully saturated rings. The van der Waals surface area contributed by atoms with Gasteiger partial charge in [-0.2, -0.15) is 0 Å². The average molecular weight is 293 g/mol. The normalized spacial score (nSPS) is 22.4. The van der Waals surface area contributed by atoms with Crippen molar-refractivity contribution in [2.24, 2.45) is 0 Å². The topological polar surface area (TPSA) is 49.8 Å². The molecule has 1 aromatic carbocycles. The van der Waals surface area contributed by atoms with E-state index in [1.54, 1.807) is 19.1 Å². The van der Waals surface area contributed by atoms with Crippen LogP contribution in [0.1, 0.15) is 31.7 Å². The van der Waals surface area contributed by atoms with Crippen LogP contribution in [0, 0.1) is 5.82 Å². The molecule has 1 aromatic rings. The number of hydrogen-bond acceptors (Lipinski definition) is 3. The lowest BCUT2D eigenvalue weighted by molar-refractivity contribution is -0.144. The molecule has 4 nitrogen and oxygen atoms in total. The average Bonchev–Trinajstić information content (AvgIpc) is 2.48. The predicted molar refractivity (Wildman–Crippen MR) is 76.0 cm³/mol. The van der Waals surface area contributed by atoms with Crippen LogP contribution in [0.5, 0.6) is 5.75 Å². The van der Waals surface area contributed by atoms with Gasteiger partial charge < -0.3 is 9.84 Å². The number of carbonyl (C=O) groups is 1. The zero-order valence-corrected chi connectivity index (χ0v) is 12.1. The maximum atomic E-state index is 13.2. The molecular formula is C16H20FNO3. The lowest BCUT2D eigenvalue weighted by atomic mass is 9.83. The summed E-state index contributed by atoms with van der Waals surface area (Å²) in [4.78, 5) is 13.0. The molecule has 2 aliphatic rings. The van der Waals surface area contributed by atoms with E-state index in [-0.39, 0.29) is 11.4 Å². The highest BCUT2D eigenvalue weighted by molar-refractivity contribution is 5.72. The Bertz CT molecular complexity index is 552. The van der Waals surface area contributed by atoms with Gasteiger partial charge in [0.2, 0.25) is 0 Å². The molecule has 2 aliphatic heterocycles. The first-order valence-electron chi connectivity index (χ1n) is 7.43. The molecule has 0 bridgehead atoms. The molecule has 1 spiro atoms. The van der Waals surface area contributed by atoms with E-state index in [2.05, 4.69) is 0 Å². The Morgan fingerprint density at radius 3 is 2.76 bits per heavy atom. The van der Waals surface area contributed by atoms with Crippen LogP contribution in [0.4, 0.5) is 4.39 Å². The number of nitrogens with zero attached hydrogens (tertiary/aromatic N) is 1. The van der Waals surface area contributed by atoms with Crippen molar-refractivity contribution in [2.75, 3.05) is 13.1 Å². The minimum atomic E-state index is -0.781. The Labute approximate surface area is 123 Å². The van der Waals surface area contributed by atoms with Crippen molar-refractivity contribution in [3.8, 4) is 5.75 Å². The van der Waals surface area contributed by atoms with E-state index in [0.29, 0.717) is 0 Å². The maximum Gasteiger partial charge on any atom is 0.320 e. The summed E-state index contributed by atoms with van der Waals surface area (Å²) < 4.78 is 19.4. The second-order valence-corrected chi connectivity index (χ2v) is 6.09. The number of benzene rings is 1. The zero-order valence-electron chi connectivity index (χ0n) is 12.1. The highest BCUT2D eigenvalue weighted by atomic mass is 19.1. The first-order valence-corrected chi connectivity index (χ1v) is 7.43. The highest BCUT2D eigenvalue weighted by Gasteiger charge is 2.41. The second-order valence-electron chi connectivity index (χ2n) is 6.09. The first-order chi connectivity index (χ1) is 9.99. The lowest BCUT2D eigenvalue weighted by Crippen LogP contribution is -2.53. The Morgan fingerprint density at radius 1 is 1.38 bits per heavy atom. The standard InChI is InChI=1S/C16H20FNO3/c1-11(15(19)20)18-8-6-16(7-9-18)5-4-12-10-13(17)2-3-14(12)21-16/h2-3,10-11H,4-9H2,1H3,(H,19,20). The van der Waals surface area contributed by atoms with Crippen LogP contribution >= 0.6 is 0 Å². The highest BCUT2D eigenvalue weighted by Crippen LogP contribution is 2.39. The van der Waals surface area contributed by atoms with Crippen molar-refractivity contribution in [2.45, 2.75) is 44.2 Å². The van der Waals surface area contributed by atoms with Crippen LogP contribution in [0.2, 0.25) is 0 Å². The van der Waals surface area contributed by atoms with Gasteiger partial charge in [-0.15, -0.1) is 0 Å². The number of carboxylic acids is 1. The van der Waals surface area contributed by atoms with Gasteiger partial charge in [0, 0.05) is 13.1 Å². The summed E-state index contributed by atoms with van der Waals surface area (Å²) in [5.74, 6) is -0.225. The molecule has 5 heteroatoms. The fraction of sp³-hybridized carbons (Fsp3) is 0.562. The summed E-state index contributed by atoms with van der Waals surface area (Å²) in [6, 6.07) is 4.23. The summed E-state index contributed by atoms with van der Waals surface area (Å²) in [5, 5.41) is 9.08. The molecule has 1 unspecified atom stereocenters. The molecule has 2 heterocycles. The van der Waals surface area contributed by atoms with E-state index in [4.69, 9.17) is 9.84 Å². The van der Waals surface area contributed by atoms with Crippen LogP contribution in [-0.2, 0) is 11.2 Å². The molecule has 0 amide bonds. The summed E-state index contributed by atoms with van der Waals surface area (Å²) in [6.07, 6.45) is 3.34. The van der Waals surface area contributed by atoms with Gasteiger partial charge in [-0.25, -0.2) is 4.39 Å². The third-order valence-corrected chi connectivity index (χ3v) is 4.81. The van der Waals surface area contributed by atoms with E-state index in [0.717, 1.165) is 50.1 Å². The van der Waals surface area contributed by atoms with Gasteiger partial charge in [0.05, 0.1) is 0 Å². The fourth-order valence-corrected chi connectivity index (χ4v) is 3.32. The fourth-order valence-electron chi connectivity index (χ4n) is 3.32. The van der Waals surface area contributed by atoms with E-state index in [1.165, 1.54) is 6.07 Å². The number of ether oxygens (including phenoxy) is 1. The Balaban J connectivity index is 1.69. The molecular weight excluding hydrogens is 273 g/mol. The quantitative estimate of drug-likeness (QED) is 0.910. The van der Waals surface area contributed by atoms with Crippen LogP contribution in [-0.4, -0.2) is 40.7 Å². The Morgan fingerprint density at radius 2 is 2.10 bits per heavy atom. The van der Waals surface area contributed by atoms with E-state index in [1.807, 2.05) is 4.90 Å². The summed E-state index contributed by atoms with van der Waals surface area (Å²) in [7, 11) is 0. The van der Waals surface area contributed by atoms with Crippen molar-refractivity contribution in [3.05, 3.63) is 29.6 Å². The van der Waals surface area contributed by atoms with Crippen molar-refractivity contribution < 1.29 is 19.0 Å². The van der Waals surface area contributed by atoms with Gasteiger partial charge in [-0.3, -0.25) is 9.69 Å². The second kappa shape index (κ2) is 5.30. The molecule has 1 N–H and O–H groups in total. The summed E-state index contributed by atoms with van der Waals surface area (Å²) >= 11 is 0. The zero-order chi connectivity index (χ0) is 15.0. The molecule has 0 aromatic heterocycles. The van der Waals surface area contributed by atoms with Gasteiger partial charge in [-0.05, 0) is 56.4 Å². The number of fused-ring (bicyclic) bond motifs is 1. The molecule has 0 aliphatic carbocycles. The third-order valence-electron chi connectivity index (χ3n) is 4.81. The van der Waals surface area contributed by atoms with Crippen LogP contribution in [0.15, 0.2) is 18.2 Å².